The van der Waals surface area contributed by atoms with Crippen molar-refractivity contribution in [1.29, 1.82) is 0 Å². The number of carboxylic acid groups (broad SMARTS) is 1. The molecule has 2 unspecified atom stereocenters. The topological polar surface area (TPSA) is 111 Å². The van der Waals surface area contributed by atoms with Crippen molar-refractivity contribution in [2.24, 2.45) is 0 Å². The van der Waals surface area contributed by atoms with Crippen molar-refractivity contribution in [2.75, 3.05) is 47.5 Å². The molecule has 0 aromatic heterocycles. The van der Waals surface area contributed by atoms with Gasteiger partial charge in [-0.05, 0) is 96.3 Å². The van der Waals surface area contributed by atoms with E-state index in [0.29, 0.717) is 17.4 Å². The Hall–Kier alpha value is -3.79. The Morgan fingerprint density at radius 3 is 0.956 bits per heavy atom. The number of esters is 2. The molecule has 526 valence electrons. The molecule has 0 aromatic carbocycles. The van der Waals surface area contributed by atoms with E-state index in [4.69, 9.17) is 18.9 Å². The molecule has 9 nitrogen and oxygen atoms in total. The van der Waals surface area contributed by atoms with Gasteiger partial charge in [-0.2, -0.15) is 0 Å². The summed E-state index contributed by atoms with van der Waals surface area (Å²) in [6.07, 6.45) is 96.8. The number of nitrogens with zero attached hydrogens (tertiary/aromatic N) is 1. The molecule has 0 amide bonds. The van der Waals surface area contributed by atoms with Crippen molar-refractivity contribution in [3.8, 4) is 0 Å². The van der Waals surface area contributed by atoms with Crippen LogP contribution in [0.15, 0.2) is 97.2 Å². The maximum atomic E-state index is 12.9. The molecule has 0 spiro atoms. The number of unbranched alkanes of at least 4 members (excludes halogenated alkanes) is 40. The van der Waals surface area contributed by atoms with E-state index in [1.807, 2.05) is 21.1 Å². The van der Waals surface area contributed by atoms with Gasteiger partial charge >= 0.3 is 11.9 Å². The minimum atomic E-state index is -1.64. The quantitative estimate of drug-likeness (QED) is 0.0195. The Labute approximate surface area is 562 Å². The molecule has 0 radical (unpaired) electrons. The first kappa shape index (κ1) is 87.2. The van der Waals surface area contributed by atoms with Crippen molar-refractivity contribution in [3.63, 3.8) is 0 Å². The van der Waals surface area contributed by atoms with Gasteiger partial charge in [0.25, 0.3) is 0 Å². The van der Waals surface area contributed by atoms with Gasteiger partial charge < -0.3 is 33.3 Å². The SMILES string of the molecule is CC/C=C\C/C=C\C/C=C\C/C=C\C/C=C\C/C=C\C/C=C\CCCCCC(=O)OC(COC(=O)CCCCCCCCCCCCCCCCCCCCCCCCCCCCCCC/C=C\CCCCCCCCCC)COC(OCC[N+](C)(C)C)C(=O)[O-]. The van der Waals surface area contributed by atoms with E-state index in [1.165, 1.54) is 231 Å². The fourth-order valence-electron chi connectivity index (χ4n) is 11.0. The second-order valence-electron chi connectivity index (χ2n) is 26.9. The summed E-state index contributed by atoms with van der Waals surface area (Å²) in [5.74, 6) is -2.32. The number of carbonyl (C=O) groups excluding carboxylic acids is 3. The van der Waals surface area contributed by atoms with Gasteiger partial charge in [-0.15, -0.1) is 0 Å². The molecule has 0 fully saturated rings. The van der Waals surface area contributed by atoms with Gasteiger partial charge in [-0.1, -0.05) is 336 Å². The second kappa shape index (κ2) is 72.0. The van der Waals surface area contributed by atoms with Crippen LogP contribution >= 0.6 is 0 Å². The number of hydrogen-bond donors (Lipinski definition) is 0. The molecule has 0 heterocycles. The largest absolute Gasteiger partial charge is 0.545 e. The standard InChI is InChI=1S/C82H145NO8/c1-6-8-10-12-14-16-18-20-22-24-26-28-30-32-33-34-35-36-37-38-39-40-41-42-43-44-45-46-47-49-50-52-54-56-58-60-62-64-66-68-70-72-79(84)89-76-78(77-90-82(81(86)87)88-75-74-83(3,4)5)91-80(85)73-71-69-67-65-63-61-59-57-55-53-51-48-31-29-27-25-23-21-19-17-15-13-11-9-7-2/h9,11,15,17,21,23-24,26-27,29,48,51,55,57,61,63,78,82H,6-8,10,12-14,16,18-20,22,25,28,30-47,49-50,52-54,56,58-60,62,64-77H2,1-5H3/b11-9-,17-15-,23-21-,26-24-,29-27-,51-48-,57-55-,63-61-. The summed E-state index contributed by atoms with van der Waals surface area (Å²) in [5.41, 5.74) is 0. The predicted molar refractivity (Wildman–Crippen MR) is 389 cm³/mol. The van der Waals surface area contributed by atoms with Crippen molar-refractivity contribution < 1.29 is 42.9 Å². The van der Waals surface area contributed by atoms with Crippen LogP contribution in [0.25, 0.3) is 0 Å². The van der Waals surface area contributed by atoms with Crippen molar-refractivity contribution >= 4 is 17.9 Å². The number of likely N-dealkylation sites (N-methyl/N-ethyl adjacent to an activating group) is 1. The van der Waals surface area contributed by atoms with Gasteiger partial charge in [-0.25, -0.2) is 0 Å². The monoisotopic (exact) mass is 1270 g/mol. The molecule has 0 aliphatic rings. The van der Waals surface area contributed by atoms with E-state index in [9.17, 15) is 19.5 Å². The summed E-state index contributed by atoms with van der Waals surface area (Å²) >= 11 is 0. The molecule has 9 heteroatoms. The molecule has 91 heavy (non-hydrogen) atoms. The van der Waals surface area contributed by atoms with Crippen molar-refractivity contribution in [2.45, 2.75) is 360 Å². The zero-order valence-electron chi connectivity index (χ0n) is 60.2. The van der Waals surface area contributed by atoms with Crippen LogP contribution in [0, 0.1) is 0 Å². The molecule has 0 saturated heterocycles. The zero-order valence-corrected chi connectivity index (χ0v) is 60.2. The van der Waals surface area contributed by atoms with Gasteiger partial charge in [0.15, 0.2) is 12.4 Å². The van der Waals surface area contributed by atoms with Crippen LogP contribution in [0.5, 0.6) is 0 Å². The summed E-state index contributed by atoms with van der Waals surface area (Å²) in [4.78, 5) is 37.5. The maximum absolute atomic E-state index is 12.9. The molecule has 0 N–H and O–H groups in total. The summed E-state index contributed by atoms with van der Waals surface area (Å²) in [6.45, 7) is 4.62. The van der Waals surface area contributed by atoms with Crippen LogP contribution < -0.4 is 5.11 Å². The molecule has 2 atom stereocenters. The highest BCUT2D eigenvalue weighted by Crippen LogP contribution is 2.19. The summed E-state index contributed by atoms with van der Waals surface area (Å²) in [7, 11) is 5.92. The Kier molecular flexibility index (Phi) is 69.0. The van der Waals surface area contributed by atoms with Crippen LogP contribution in [0.1, 0.15) is 348 Å². The molecule has 0 aliphatic heterocycles. The van der Waals surface area contributed by atoms with Crippen molar-refractivity contribution in [1.82, 2.24) is 0 Å². The summed E-state index contributed by atoms with van der Waals surface area (Å²) < 4.78 is 22.8. The highest BCUT2D eigenvalue weighted by molar-refractivity contribution is 5.70. The third-order valence-electron chi connectivity index (χ3n) is 16.8. The molecular formula is C82H145NO8. The van der Waals surface area contributed by atoms with Crippen LogP contribution in [0.4, 0.5) is 0 Å². The van der Waals surface area contributed by atoms with Gasteiger partial charge in [-0.3, -0.25) is 9.59 Å². The smallest absolute Gasteiger partial charge is 0.306 e. The number of carboxylic acids is 1. The number of ether oxygens (including phenoxy) is 4. The van der Waals surface area contributed by atoms with E-state index < -0.39 is 24.3 Å². The minimum absolute atomic E-state index is 0.137. The van der Waals surface area contributed by atoms with Gasteiger partial charge in [0.2, 0.25) is 0 Å². The second-order valence-corrected chi connectivity index (χ2v) is 26.9. The van der Waals surface area contributed by atoms with Crippen LogP contribution in [-0.4, -0.2) is 82.3 Å². The van der Waals surface area contributed by atoms with E-state index in [-0.39, 0.29) is 38.6 Å². The average molecular weight is 1270 g/mol. The lowest BCUT2D eigenvalue weighted by Gasteiger charge is -2.26. The number of aliphatic carboxylic acids is 1. The first-order chi connectivity index (χ1) is 44.6. The average Bonchev–Trinajstić information content (AvgIpc) is 3.46. The normalized spacial score (nSPS) is 13.2. The Balaban J connectivity index is 4.01. The number of allylic oxidation sites excluding steroid dienone is 16. The summed E-state index contributed by atoms with van der Waals surface area (Å²) in [6, 6.07) is 0. The van der Waals surface area contributed by atoms with Gasteiger partial charge in [0.05, 0.1) is 40.3 Å². The number of quaternary nitrogens is 1. The molecule has 0 aromatic rings. The van der Waals surface area contributed by atoms with Crippen LogP contribution in [0.3, 0.4) is 0 Å². The Morgan fingerprint density at radius 1 is 0.341 bits per heavy atom. The first-order valence-electron chi connectivity index (χ1n) is 38.4. The molecular weight excluding hydrogens is 1130 g/mol. The minimum Gasteiger partial charge on any atom is -0.545 e. The van der Waals surface area contributed by atoms with E-state index in [1.54, 1.807) is 0 Å². The lowest BCUT2D eigenvalue weighted by molar-refractivity contribution is -0.870. The summed E-state index contributed by atoms with van der Waals surface area (Å²) in [5, 5.41) is 11.8. The van der Waals surface area contributed by atoms with Gasteiger partial charge in [0, 0.05) is 12.8 Å². The maximum Gasteiger partial charge on any atom is 0.306 e. The number of carbonyl (C=O) groups is 3. The van der Waals surface area contributed by atoms with Crippen molar-refractivity contribution in [3.05, 3.63) is 97.2 Å². The highest BCUT2D eigenvalue weighted by Gasteiger charge is 2.22. The van der Waals surface area contributed by atoms with Crippen LogP contribution in [-0.2, 0) is 33.3 Å². The van der Waals surface area contributed by atoms with E-state index in [0.717, 1.165) is 83.5 Å². The fraction of sp³-hybridized carbons (Fsp3) is 0.768. The highest BCUT2D eigenvalue weighted by atomic mass is 16.7. The zero-order chi connectivity index (χ0) is 66.1. The molecule has 0 saturated carbocycles. The third-order valence-corrected chi connectivity index (χ3v) is 16.8. The molecule has 0 bridgehead atoms. The number of rotatable bonds is 71. The fourth-order valence-corrected chi connectivity index (χ4v) is 11.0. The lowest BCUT2D eigenvalue weighted by Crippen LogP contribution is -2.44. The lowest BCUT2D eigenvalue weighted by atomic mass is 10.0. The van der Waals surface area contributed by atoms with Crippen LogP contribution in [0.2, 0.25) is 0 Å². The van der Waals surface area contributed by atoms with E-state index in [2.05, 4.69) is 111 Å². The number of hydrogen-bond acceptors (Lipinski definition) is 8. The predicted octanol–water partition coefficient (Wildman–Crippen LogP) is 23.0. The molecule has 0 rings (SSSR count). The first-order valence-corrected chi connectivity index (χ1v) is 38.4. The van der Waals surface area contributed by atoms with E-state index >= 15 is 0 Å². The molecule has 0 aliphatic carbocycles. The Bertz CT molecular complexity index is 1820. The van der Waals surface area contributed by atoms with Gasteiger partial charge in [0.1, 0.15) is 13.2 Å². The Morgan fingerprint density at radius 2 is 0.626 bits per heavy atom. The third kappa shape index (κ3) is 73.5.